The number of ether oxygens (including phenoxy) is 1. The number of alkyl halides is 9. The van der Waals surface area contributed by atoms with Crippen molar-refractivity contribution in [2.45, 2.75) is 63.2 Å². The Balaban J connectivity index is 1.75. The van der Waals surface area contributed by atoms with Crippen molar-refractivity contribution in [1.29, 1.82) is 0 Å². The molecule has 18 heteroatoms. The van der Waals surface area contributed by atoms with Gasteiger partial charge in [0.1, 0.15) is 11.9 Å². The molecule has 0 spiro atoms. The monoisotopic (exact) mass is 704 g/mol. The van der Waals surface area contributed by atoms with Crippen LogP contribution in [0, 0.1) is 0 Å². The summed E-state index contributed by atoms with van der Waals surface area (Å²) in [5.41, 5.74) is -8.86. The molecular weight excluding hydrogens is 683 g/mol. The number of carbonyl (C=O) groups is 1. The number of benzene rings is 2. The minimum Gasteiger partial charge on any atom is -0.439 e. The van der Waals surface area contributed by atoms with Crippen molar-refractivity contribution in [3.8, 4) is 16.9 Å². The number of pyridine rings is 1. The van der Waals surface area contributed by atoms with Crippen molar-refractivity contribution < 1.29 is 61.6 Å². The van der Waals surface area contributed by atoms with Crippen LogP contribution in [-0.4, -0.2) is 35.9 Å². The highest BCUT2D eigenvalue weighted by Gasteiger charge is 2.49. The van der Waals surface area contributed by atoms with E-state index in [2.05, 4.69) is 9.17 Å². The molecule has 1 aromatic heterocycles. The Morgan fingerprint density at radius 2 is 1.52 bits per heavy atom. The van der Waals surface area contributed by atoms with Gasteiger partial charge in [-0.2, -0.15) is 47.9 Å². The number of aromatic nitrogens is 1. The molecule has 0 bridgehead atoms. The molecule has 0 aliphatic carbocycles. The van der Waals surface area contributed by atoms with E-state index in [9.17, 15) is 52.7 Å². The van der Waals surface area contributed by atoms with E-state index in [-0.39, 0.29) is 27.9 Å². The van der Waals surface area contributed by atoms with Crippen LogP contribution in [0.2, 0.25) is 5.02 Å². The van der Waals surface area contributed by atoms with Gasteiger partial charge >= 0.3 is 34.1 Å². The predicted octanol–water partition coefficient (Wildman–Crippen LogP) is 8.70. The first-order chi connectivity index (χ1) is 21.1. The summed E-state index contributed by atoms with van der Waals surface area (Å²) >= 11 is 6.30. The topological polar surface area (TPSA) is 85.8 Å². The zero-order chi connectivity index (χ0) is 34.4. The quantitative estimate of drug-likeness (QED) is 0.133. The van der Waals surface area contributed by atoms with Crippen LogP contribution in [0.15, 0.2) is 48.5 Å². The Kier molecular flexibility index (Phi) is 9.52. The van der Waals surface area contributed by atoms with Crippen LogP contribution in [0.5, 0.6) is 5.75 Å². The molecule has 0 radical (unpaired) electrons. The highest BCUT2D eigenvalue weighted by atomic mass is 35.5. The van der Waals surface area contributed by atoms with Crippen LogP contribution >= 0.6 is 11.6 Å². The second-order valence-electron chi connectivity index (χ2n) is 10.2. The fourth-order valence-corrected chi connectivity index (χ4v) is 5.38. The third kappa shape index (κ3) is 7.45. The molecule has 1 amide bonds. The number of carbonyl (C=O) groups excluding carboxylic acids is 1. The van der Waals surface area contributed by atoms with E-state index < -0.39 is 75.2 Å². The van der Waals surface area contributed by atoms with Crippen LogP contribution in [0.1, 0.15) is 54.5 Å². The van der Waals surface area contributed by atoms with E-state index in [0.29, 0.717) is 30.7 Å². The summed E-state index contributed by atoms with van der Waals surface area (Å²) < 4.78 is 152. The number of amides is 1. The van der Waals surface area contributed by atoms with Gasteiger partial charge in [-0.05, 0) is 61.4 Å². The van der Waals surface area contributed by atoms with Crippen LogP contribution < -0.4 is 4.18 Å². The Labute approximate surface area is 261 Å². The van der Waals surface area contributed by atoms with Gasteiger partial charge in [-0.1, -0.05) is 31.0 Å². The van der Waals surface area contributed by atoms with E-state index >= 15 is 0 Å². The maximum absolute atomic E-state index is 13.5. The number of cyclic esters (lactones) is 1. The highest BCUT2D eigenvalue weighted by molar-refractivity contribution is 7.88. The third-order valence-corrected chi connectivity index (χ3v) is 8.21. The molecule has 2 heterocycles. The van der Waals surface area contributed by atoms with Gasteiger partial charge in [-0.3, -0.25) is 9.88 Å². The number of hydrogen-bond donors (Lipinski definition) is 0. The lowest BCUT2D eigenvalue weighted by atomic mass is 9.97. The molecule has 0 unspecified atom stereocenters. The van der Waals surface area contributed by atoms with Crippen molar-refractivity contribution >= 4 is 27.8 Å². The predicted molar refractivity (Wildman–Crippen MR) is 145 cm³/mol. The third-order valence-electron chi connectivity index (χ3n) is 6.91. The van der Waals surface area contributed by atoms with Gasteiger partial charge in [0.05, 0.1) is 29.4 Å². The van der Waals surface area contributed by atoms with Crippen molar-refractivity contribution in [1.82, 2.24) is 9.88 Å². The molecule has 2 atom stereocenters. The highest BCUT2D eigenvalue weighted by Crippen LogP contribution is 2.42. The van der Waals surface area contributed by atoms with Gasteiger partial charge in [-0.15, -0.1) is 0 Å². The zero-order valence-corrected chi connectivity index (χ0v) is 25.1. The minimum absolute atomic E-state index is 0.0495. The van der Waals surface area contributed by atoms with Gasteiger partial charge in [0, 0.05) is 21.8 Å². The molecule has 1 aliphatic heterocycles. The minimum atomic E-state index is -6.05. The largest absolute Gasteiger partial charge is 0.534 e. The summed E-state index contributed by atoms with van der Waals surface area (Å²) in [4.78, 5) is 18.5. The average Bonchev–Trinajstić information content (AvgIpc) is 3.21. The van der Waals surface area contributed by atoms with E-state index in [4.69, 9.17) is 16.3 Å². The molecule has 1 saturated heterocycles. The molecule has 250 valence electrons. The average molecular weight is 705 g/mol. The Hall–Kier alpha value is -3.73. The van der Waals surface area contributed by atoms with E-state index in [1.165, 1.54) is 13.0 Å². The molecule has 46 heavy (non-hydrogen) atoms. The second-order valence-corrected chi connectivity index (χ2v) is 12.1. The Bertz CT molecular complexity index is 1710. The van der Waals surface area contributed by atoms with Gasteiger partial charge in [0.25, 0.3) is 0 Å². The van der Waals surface area contributed by atoms with Crippen LogP contribution in [-0.2, 0) is 40.2 Å². The van der Waals surface area contributed by atoms with Crippen LogP contribution in [0.4, 0.5) is 44.3 Å². The smallest absolute Gasteiger partial charge is 0.439 e. The number of hydrogen-bond acceptors (Lipinski definition) is 6. The number of halogens is 10. The van der Waals surface area contributed by atoms with Gasteiger partial charge in [-0.25, -0.2) is 4.79 Å². The molecule has 1 fully saturated rings. The fraction of sp³-hybridized carbons (Fsp3) is 0.357. The summed E-state index contributed by atoms with van der Waals surface area (Å²) in [6, 6.07) is 5.58. The van der Waals surface area contributed by atoms with Gasteiger partial charge in [0.2, 0.25) is 0 Å². The molecule has 3 aromatic rings. The summed E-state index contributed by atoms with van der Waals surface area (Å²) in [6.45, 7) is 2.74. The number of rotatable bonds is 8. The van der Waals surface area contributed by atoms with E-state index in [1.54, 1.807) is 6.07 Å². The summed E-state index contributed by atoms with van der Waals surface area (Å²) in [5.74, 6) is -0.751. The fourth-order valence-electron chi connectivity index (χ4n) is 4.71. The van der Waals surface area contributed by atoms with E-state index in [0.717, 1.165) is 23.1 Å². The number of aryl methyl sites for hydroxylation is 1. The summed E-state index contributed by atoms with van der Waals surface area (Å²) in [6.07, 6.45) is -11.9. The van der Waals surface area contributed by atoms with E-state index in [1.807, 2.05) is 6.92 Å². The van der Waals surface area contributed by atoms with Gasteiger partial charge < -0.3 is 8.92 Å². The molecule has 7 nitrogen and oxygen atoms in total. The molecule has 2 aromatic carbocycles. The summed E-state index contributed by atoms with van der Waals surface area (Å²) in [5, 5.41) is -0.0818. The molecule has 4 rings (SSSR count). The number of nitrogens with zero attached hydrogens (tertiary/aromatic N) is 2. The maximum Gasteiger partial charge on any atom is 0.534 e. The lowest BCUT2D eigenvalue weighted by molar-refractivity contribution is -0.143. The van der Waals surface area contributed by atoms with Crippen LogP contribution in [0.25, 0.3) is 11.1 Å². The maximum atomic E-state index is 13.5. The van der Waals surface area contributed by atoms with Crippen molar-refractivity contribution in [2.75, 3.05) is 0 Å². The first-order valence-electron chi connectivity index (χ1n) is 13.2. The van der Waals surface area contributed by atoms with Gasteiger partial charge in [0.15, 0.2) is 0 Å². The lowest BCUT2D eigenvalue weighted by Crippen LogP contribution is -2.32. The normalized spacial score (nSPS) is 17.7. The Morgan fingerprint density at radius 1 is 0.913 bits per heavy atom. The first-order valence-corrected chi connectivity index (χ1v) is 15.0. The standard InChI is InChI=1S/C28H22ClF9N2O5S/c1-3-4-18-5-7-20(21-12-19(6-8-22(21)29)45-46(42,43)28(36,37)38)23(39-18)13-40-14(2)24(44-25(40)41)15-9-16(26(30,31)32)11-17(10-15)27(33,34)35/h5-12,14,24H,3-4,13H2,1-2H3/t14-,24-/m0/s1. The zero-order valence-electron chi connectivity index (χ0n) is 23.5. The van der Waals surface area contributed by atoms with Crippen molar-refractivity contribution in [3.63, 3.8) is 0 Å². The molecular formula is C28H22ClF9N2O5S. The molecule has 1 aliphatic rings. The van der Waals surface area contributed by atoms with Crippen molar-refractivity contribution in [2.24, 2.45) is 0 Å². The van der Waals surface area contributed by atoms with Crippen molar-refractivity contribution in [3.05, 3.63) is 81.6 Å². The SMILES string of the molecule is CCCc1ccc(-c2cc(OS(=O)(=O)C(F)(F)F)ccc2Cl)c(CN2C(=O)O[C@H](c3cc(C(F)(F)F)cc(C(F)(F)F)c3)[C@@H]2C)n1. The van der Waals surface area contributed by atoms with Crippen LogP contribution in [0.3, 0.4) is 0 Å². The first kappa shape index (κ1) is 35.1. The lowest BCUT2D eigenvalue weighted by Gasteiger charge is -2.23. The second kappa shape index (κ2) is 12.5. The molecule has 0 saturated carbocycles. The summed E-state index contributed by atoms with van der Waals surface area (Å²) in [7, 11) is -6.05. The molecule has 0 N–H and O–H groups in total. The Morgan fingerprint density at radius 3 is 2.07 bits per heavy atom.